The molecule has 0 radical (unpaired) electrons. The van der Waals surface area contributed by atoms with E-state index in [1.165, 1.54) is 11.3 Å². The topological polar surface area (TPSA) is 85.6 Å². The first-order valence-electron chi connectivity index (χ1n) is 7.16. The van der Waals surface area contributed by atoms with Crippen LogP contribution in [0.5, 0.6) is 0 Å². The molecule has 7 nitrogen and oxygen atoms in total. The number of hydrogen-bond acceptors (Lipinski definition) is 6. The molecular weight excluding hydrogens is 300 g/mol. The van der Waals surface area contributed by atoms with Crippen molar-refractivity contribution in [2.75, 3.05) is 5.32 Å². The highest BCUT2D eigenvalue weighted by atomic mass is 32.1. The van der Waals surface area contributed by atoms with Gasteiger partial charge in [0.15, 0.2) is 0 Å². The summed E-state index contributed by atoms with van der Waals surface area (Å²) in [6.45, 7) is 3.95. The van der Waals surface area contributed by atoms with Crippen molar-refractivity contribution in [1.82, 2.24) is 25.2 Å². The van der Waals surface area contributed by atoms with E-state index in [-0.39, 0.29) is 5.91 Å². The summed E-state index contributed by atoms with van der Waals surface area (Å²) < 4.78 is 1.66. The molecule has 3 aromatic rings. The Labute approximate surface area is 131 Å². The van der Waals surface area contributed by atoms with Crippen LogP contribution in [0.25, 0.3) is 11.0 Å². The van der Waals surface area contributed by atoms with Crippen molar-refractivity contribution in [3.63, 3.8) is 0 Å². The molecule has 2 heterocycles. The third kappa shape index (κ3) is 2.69. The molecule has 0 spiro atoms. The highest BCUT2D eigenvalue weighted by molar-refractivity contribution is 7.15. The van der Waals surface area contributed by atoms with Crippen molar-refractivity contribution >= 4 is 33.4 Å². The van der Waals surface area contributed by atoms with Gasteiger partial charge in [0.05, 0.1) is 5.52 Å². The predicted octanol–water partition coefficient (Wildman–Crippen LogP) is 2.44. The van der Waals surface area contributed by atoms with E-state index in [1.54, 1.807) is 4.68 Å². The summed E-state index contributed by atoms with van der Waals surface area (Å²) in [4.78, 5) is 12.5. The third-order valence-electron chi connectivity index (χ3n) is 3.36. The summed E-state index contributed by atoms with van der Waals surface area (Å²) in [6, 6.07) is 7.16. The summed E-state index contributed by atoms with van der Waals surface area (Å²) >= 11 is 1.39. The van der Waals surface area contributed by atoms with E-state index < -0.39 is 6.04 Å². The van der Waals surface area contributed by atoms with Crippen molar-refractivity contribution in [2.45, 2.75) is 32.7 Å². The minimum Gasteiger partial charge on any atom is -0.299 e. The standard InChI is InChI=1S/C14H16N6OS/c1-3-10(13(21)15-14-18-17-12(4-2)22-14)20-11-8-6-5-7-9(11)16-19-20/h5-8,10H,3-4H2,1-2H3,(H,15,18,21). The average molecular weight is 316 g/mol. The third-order valence-corrected chi connectivity index (χ3v) is 4.34. The van der Waals surface area contributed by atoms with Crippen LogP contribution in [0.2, 0.25) is 0 Å². The maximum Gasteiger partial charge on any atom is 0.251 e. The van der Waals surface area contributed by atoms with Gasteiger partial charge in [-0.1, -0.05) is 42.5 Å². The van der Waals surface area contributed by atoms with E-state index in [4.69, 9.17) is 0 Å². The van der Waals surface area contributed by atoms with Crippen LogP contribution in [0.1, 0.15) is 31.3 Å². The largest absolute Gasteiger partial charge is 0.299 e. The number of hydrogen-bond donors (Lipinski definition) is 1. The second-order valence-corrected chi connectivity index (χ2v) is 5.85. The average Bonchev–Trinajstić information content (AvgIpc) is 3.15. The number of amides is 1. The fraction of sp³-hybridized carbons (Fsp3) is 0.357. The fourth-order valence-electron chi connectivity index (χ4n) is 2.22. The van der Waals surface area contributed by atoms with Crippen molar-refractivity contribution in [2.24, 2.45) is 0 Å². The van der Waals surface area contributed by atoms with Gasteiger partial charge in [-0.25, -0.2) is 4.68 Å². The molecule has 0 saturated heterocycles. The van der Waals surface area contributed by atoms with Gasteiger partial charge in [-0.2, -0.15) is 0 Å². The summed E-state index contributed by atoms with van der Waals surface area (Å²) in [6.07, 6.45) is 1.41. The first-order valence-corrected chi connectivity index (χ1v) is 7.97. The van der Waals surface area contributed by atoms with E-state index in [0.717, 1.165) is 22.5 Å². The van der Waals surface area contributed by atoms with E-state index >= 15 is 0 Å². The van der Waals surface area contributed by atoms with Gasteiger partial charge >= 0.3 is 0 Å². The van der Waals surface area contributed by atoms with Crippen molar-refractivity contribution in [1.29, 1.82) is 0 Å². The molecule has 0 fully saturated rings. The van der Waals surface area contributed by atoms with Crippen LogP contribution in [0.4, 0.5) is 5.13 Å². The lowest BCUT2D eigenvalue weighted by Gasteiger charge is -2.14. The molecule has 1 unspecified atom stereocenters. The van der Waals surface area contributed by atoms with Crippen LogP contribution >= 0.6 is 11.3 Å². The number of carbonyl (C=O) groups is 1. The Balaban J connectivity index is 1.85. The predicted molar refractivity (Wildman–Crippen MR) is 84.8 cm³/mol. The van der Waals surface area contributed by atoms with Gasteiger partial charge in [0.25, 0.3) is 5.91 Å². The Kier molecular flexibility index (Phi) is 4.10. The Hall–Kier alpha value is -2.35. The van der Waals surface area contributed by atoms with Crippen LogP contribution in [-0.4, -0.2) is 31.1 Å². The van der Waals surface area contributed by atoms with Gasteiger partial charge < -0.3 is 0 Å². The molecule has 114 valence electrons. The van der Waals surface area contributed by atoms with Crippen LogP contribution in [-0.2, 0) is 11.2 Å². The Morgan fingerprint density at radius 1 is 1.27 bits per heavy atom. The Bertz CT molecular complexity index is 795. The fourth-order valence-corrected chi connectivity index (χ4v) is 2.90. The zero-order valence-corrected chi connectivity index (χ0v) is 13.2. The molecule has 0 aliphatic heterocycles. The van der Waals surface area contributed by atoms with Crippen molar-refractivity contribution < 1.29 is 4.79 Å². The lowest BCUT2D eigenvalue weighted by Crippen LogP contribution is -2.26. The van der Waals surface area contributed by atoms with Gasteiger partial charge in [0.2, 0.25) is 5.13 Å². The first kappa shape index (κ1) is 14.6. The van der Waals surface area contributed by atoms with Gasteiger partial charge in [-0.3, -0.25) is 10.1 Å². The van der Waals surface area contributed by atoms with Gasteiger partial charge in [0.1, 0.15) is 16.6 Å². The van der Waals surface area contributed by atoms with E-state index in [0.29, 0.717) is 11.6 Å². The van der Waals surface area contributed by atoms with Crippen LogP contribution in [0.15, 0.2) is 24.3 Å². The number of aromatic nitrogens is 5. The van der Waals surface area contributed by atoms with Crippen LogP contribution < -0.4 is 5.32 Å². The van der Waals surface area contributed by atoms with Crippen molar-refractivity contribution in [3.05, 3.63) is 29.3 Å². The maximum atomic E-state index is 12.5. The molecule has 1 amide bonds. The Morgan fingerprint density at radius 3 is 2.82 bits per heavy atom. The minimum absolute atomic E-state index is 0.156. The van der Waals surface area contributed by atoms with E-state index in [9.17, 15) is 4.79 Å². The molecule has 22 heavy (non-hydrogen) atoms. The molecule has 3 rings (SSSR count). The SMILES string of the molecule is CCc1nnc(NC(=O)C(CC)n2nnc3ccccc32)s1. The number of fused-ring (bicyclic) bond motifs is 1. The molecule has 8 heteroatoms. The molecule has 0 saturated carbocycles. The smallest absolute Gasteiger partial charge is 0.251 e. The first-order chi connectivity index (χ1) is 10.7. The number of aryl methyl sites for hydroxylation is 1. The van der Waals surface area contributed by atoms with Crippen molar-refractivity contribution in [3.8, 4) is 0 Å². The van der Waals surface area contributed by atoms with E-state index in [2.05, 4.69) is 25.8 Å². The minimum atomic E-state index is -0.429. The lowest BCUT2D eigenvalue weighted by atomic mass is 10.2. The highest BCUT2D eigenvalue weighted by Gasteiger charge is 2.23. The van der Waals surface area contributed by atoms with Crippen LogP contribution in [0, 0.1) is 0 Å². The summed E-state index contributed by atoms with van der Waals surface area (Å²) in [7, 11) is 0. The zero-order valence-electron chi connectivity index (χ0n) is 12.4. The number of benzene rings is 1. The number of nitrogens with zero attached hydrogens (tertiary/aromatic N) is 5. The molecular formula is C14H16N6OS. The van der Waals surface area contributed by atoms with Crippen LogP contribution in [0.3, 0.4) is 0 Å². The zero-order chi connectivity index (χ0) is 15.5. The number of anilines is 1. The summed E-state index contributed by atoms with van der Waals surface area (Å²) in [5.41, 5.74) is 1.62. The molecule has 1 atom stereocenters. The van der Waals surface area contributed by atoms with Gasteiger partial charge in [-0.05, 0) is 25.0 Å². The monoisotopic (exact) mass is 316 g/mol. The molecule has 2 aromatic heterocycles. The van der Waals surface area contributed by atoms with E-state index in [1.807, 2.05) is 38.1 Å². The quantitative estimate of drug-likeness (QED) is 0.781. The molecule has 0 bridgehead atoms. The summed E-state index contributed by atoms with van der Waals surface area (Å²) in [5, 5.41) is 20.4. The van der Waals surface area contributed by atoms with Gasteiger partial charge in [0, 0.05) is 0 Å². The molecule has 1 aromatic carbocycles. The number of nitrogens with one attached hydrogen (secondary N) is 1. The molecule has 0 aliphatic rings. The van der Waals surface area contributed by atoms with Gasteiger partial charge in [-0.15, -0.1) is 15.3 Å². The lowest BCUT2D eigenvalue weighted by molar-refractivity contribution is -0.119. The highest BCUT2D eigenvalue weighted by Crippen LogP contribution is 2.21. The second kappa shape index (κ2) is 6.18. The summed E-state index contributed by atoms with van der Waals surface area (Å²) in [5.74, 6) is -0.156. The number of para-hydroxylation sites is 1. The molecule has 1 N–H and O–H groups in total. The maximum absolute atomic E-state index is 12.5. The number of carbonyl (C=O) groups excluding carboxylic acids is 1. The Morgan fingerprint density at radius 2 is 2.09 bits per heavy atom. The number of rotatable bonds is 5. The normalized spacial score (nSPS) is 12.5. The second-order valence-electron chi connectivity index (χ2n) is 4.79. The molecule has 0 aliphatic carbocycles.